The number of benzene rings is 1. The Hall–Kier alpha value is -1.58. The van der Waals surface area contributed by atoms with Crippen molar-refractivity contribution in [3.8, 4) is 0 Å². The van der Waals surface area contributed by atoms with E-state index >= 15 is 0 Å². The maximum atomic E-state index is 13.7. The molecule has 1 fully saturated rings. The van der Waals surface area contributed by atoms with Crippen LogP contribution in [0.25, 0.3) is 0 Å². The lowest BCUT2D eigenvalue weighted by molar-refractivity contribution is 0.0697. The summed E-state index contributed by atoms with van der Waals surface area (Å²) in [5, 5.41) is 2.79. The number of halogens is 1. The van der Waals surface area contributed by atoms with Gasteiger partial charge in [-0.3, -0.25) is 4.79 Å². The van der Waals surface area contributed by atoms with Crippen LogP contribution >= 0.6 is 0 Å². The van der Waals surface area contributed by atoms with E-state index in [1.54, 1.807) is 19.2 Å². The average Bonchev–Trinajstić information content (AvgIpc) is 3.18. The predicted octanol–water partition coefficient (Wildman–Crippen LogP) is 3.13. The summed E-state index contributed by atoms with van der Waals surface area (Å²) in [6.45, 7) is 4.77. The molecule has 1 N–H and O–H groups in total. The summed E-state index contributed by atoms with van der Waals surface area (Å²) in [7, 11) is 1.63. The topological polar surface area (TPSA) is 32.3 Å². The Morgan fingerprint density at radius 2 is 2.16 bits per heavy atom. The number of amides is 1. The molecular formula is C15H21FN2O. The fourth-order valence-corrected chi connectivity index (χ4v) is 2.22. The maximum Gasteiger partial charge on any atom is 0.256 e. The molecule has 0 unspecified atom stereocenters. The van der Waals surface area contributed by atoms with Crippen molar-refractivity contribution < 1.29 is 9.18 Å². The van der Waals surface area contributed by atoms with Crippen molar-refractivity contribution in [1.82, 2.24) is 4.90 Å². The van der Waals surface area contributed by atoms with Gasteiger partial charge in [0.05, 0.1) is 11.3 Å². The first-order valence-corrected chi connectivity index (χ1v) is 6.81. The summed E-state index contributed by atoms with van der Waals surface area (Å²) >= 11 is 0. The summed E-state index contributed by atoms with van der Waals surface area (Å²) in [6, 6.07) is 4.75. The molecule has 1 aromatic rings. The fourth-order valence-electron chi connectivity index (χ4n) is 2.22. The molecule has 0 aromatic heterocycles. The number of rotatable bonds is 5. The summed E-state index contributed by atoms with van der Waals surface area (Å²) in [5.74, 6) is 0.146. The van der Waals surface area contributed by atoms with E-state index < -0.39 is 0 Å². The van der Waals surface area contributed by atoms with Crippen molar-refractivity contribution in [2.45, 2.75) is 32.7 Å². The van der Waals surface area contributed by atoms with Crippen LogP contribution in [0.2, 0.25) is 0 Å². The third kappa shape index (κ3) is 3.06. The number of hydrogen-bond acceptors (Lipinski definition) is 2. The largest absolute Gasteiger partial charge is 0.385 e. The highest BCUT2D eigenvalue weighted by Gasteiger charge is 2.29. The van der Waals surface area contributed by atoms with Crippen LogP contribution in [0.15, 0.2) is 18.2 Å². The minimum Gasteiger partial charge on any atom is -0.385 e. The highest BCUT2D eigenvalue weighted by atomic mass is 19.1. The van der Waals surface area contributed by atoms with Crippen molar-refractivity contribution in [3.63, 3.8) is 0 Å². The van der Waals surface area contributed by atoms with E-state index in [4.69, 9.17) is 0 Å². The van der Waals surface area contributed by atoms with Crippen LogP contribution < -0.4 is 5.32 Å². The Balaban J connectivity index is 2.27. The van der Waals surface area contributed by atoms with Gasteiger partial charge in [0, 0.05) is 19.6 Å². The Morgan fingerprint density at radius 1 is 1.47 bits per heavy atom. The van der Waals surface area contributed by atoms with Crippen LogP contribution in [0.1, 0.15) is 37.0 Å². The van der Waals surface area contributed by atoms with Gasteiger partial charge in [0.25, 0.3) is 5.91 Å². The number of anilines is 1. The quantitative estimate of drug-likeness (QED) is 0.886. The summed E-state index contributed by atoms with van der Waals surface area (Å²) in [4.78, 5) is 14.4. The first-order chi connectivity index (χ1) is 9.04. The van der Waals surface area contributed by atoms with Gasteiger partial charge >= 0.3 is 0 Å². The first kappa shape index (κ1) is 13.8. The lowest BCUT2D eigenvalue weighted by atomic mass is 10.1. The smallest absolute Gasteiger partial charge is 0.256 e. The molecule has 2 rings (SSSR count). The Morgan fingerprint density at radius 3 is 2.68 bits per heavy atom. The van der Waals surface area contributed by atoms with Gasteiger partial charge < -0.3 is 10.2 Å². The molecule has 1 saturated carbocycles. The van der Waals surface area contributed by atoms with Gasteiger partial charge in [-0.25, -0.2) is 4.39 Å². The molecule has 1 aromatic carbocycles. The van der Waals surface area contributed by atoms with Gasteiger partial charge in [-0.1, -0.05) is 6.07 Å². The molecule has 19 heavy (non-hydrogen) atoms. The van der Waals surface area contributed by atoms with Crippen molar-refractivity contribution in [2.24, 2.45) is 5.92 Å². The molecule has 0 saturated heterocycles. The van der Waals surface area contributed by atoms with E-state index in [1.807, 2.05) is 18.7 Å². The molecule has 0 spiro atoms. The summed E-state index contributed by atoms with van der Waals surface area (Å²) in [6.07, 6.45) is 2.39. The second-order valence-electron chi connectivity index (χ2n) is 5.41. The highest BCUT2D eigenvalue weighted by Crippen LogP contribution is 2.31. The van der Waals surface area contributed by atoms with Gasteiger partial charge in [-0.05, 0) is 44.7 Å². The molecule has 1 aliphatic carbocycles. The van der Waals surface area contributed by atoms with Crippen LogP contribution in [-0.4, -0.2) is 30.4 Å². The van der Waals surface area contributed by atoms with Gasteiger partial charge in [-0.15, -0.1) is 0 Å². The third-order valence-corrected chi connectivity index (χ3v) is 3.53. The molecule has 3 nitrogen and oxygen atoms in total. The number of hydrogen-bond donors (Lipinski definition) is 1. The molecule has 104 valence electrons. The highest BCUT2D eigenvalue weighted by molar-refractivity contribution is 5.99. The van der Waals surface area contributed by atoms with Crippen LogP contribution in [0.5, 0.6) is 0 Å². The number of carbonyl (C=O) groups excluding carboxylic acids is 1. The molecule has 0 heterocycles. The average molecular weight is 264 g/mol. The molecule has 4 heteroatoms. The van der Waals surface area contributed by atoms with Crippen molar-refractivity contribution >= 4 is 11.6 Å². The minimum absolute atomic E-state index is 0.0919. The second kappa shape index (κ2) is 5.59. The van der Waals surface area contributed by atoms with E-state index in [2.05, 4.69) is 5.32 Å². The lowest BCUT2D eigenvalue weighted by Gasteiger charge is -2.27. The zero-order valence-electron chi connectivity index (χ0n) is 11.7. The minimum atomic E-state index is -0.386. The molecule has 0 radical (unpaired) electrons. The fraction of sp³-hybridized carbons (Fsp3) is 0.533. The van der Waals surface area contributed by atoms with Crippen molar-refractivity contribution in [2.75, 3.05) is 18.9 Å². The van der Waals surface area contributed by atoms with E-state index in [-0.39, 0.29) is 23.5 Å². The Kier molecular flexibility index (Phi) is 4.08. The monoisotopic (exact) mass is 264 g/mol. The normalized spacial score (nSPS) is 14.6. The third-order valence-electron chi connectivity index (χ3n) is 3.53. The van der Waals surface area contributed by atoms with E-state index in [0.717, 1.165) is 6.54 Å². The van der Waals surface area contributed by atoms with Gasteiger partial charge in [0.1, 0.15) is 5.82 Å². The van der Waals surface area contributed by atoms with Gasteiger partial charge in [0.2, 0.25) is 0 Å². The van der Waals surface area contributed by atoms with Gasteiger partial charge in [0.15, 0.2) is 0 Å². The van der Waals surface area contributed by atoms with Crippen molar-refractivity contribution in [3.05, 3.63) is 29.6 Å². The number of carbonyl (C=O) groups is 1. The van der Waals surface area contributed by atoms with E-state index in [1.165, 1.54) is 18.9 Å². The molecule has 0 aliphatic heterocycles. The Labute approximate surface area is 113 Å². The lowest BCUT2D eigenvalue weighted by Crippen LogP contribution is -2.38. The first-order valence-electron chi connectivity index (χ1n) is 6.81. The molecular weight excluding hydrogens is 243 g/mol. The molecule has 1 aliphatic rings. The molecule has 0 bridgehead atoms. The second-order valence-corrected chi connectivity index (χ2v) is 5.41. The van der Waals surface area contributed by atoms with Crippen LogP contribution in [0, 0.1) is 11.7 Å². The SMILES string of the molecule is CNc1c(F)cccc1C(=O)N(CC1CC1)C(C)C. The summed E-state index contributed by atoms with van der Waals surface area (Å²) < 4.78 is 13.7. The Bertz CT molecular complexity index is 469. The standard InChI is InChI=1S/C15H21FN2O/c1-10(2)18(9-11-7-8-11)15(19)12-5-4-6-13(16)14(12)17-3/h4-6,10-11,17H,7-9H2,1-3H3. The molecule has 0 atom stereocenters. The zero-order valence-corrected chi connectivity index (χ0v) is 11.7. The predicted molar refractivity (Wildman–Crippen MR) is 74.8 cm³/mol. The van der Waals surface area contributed by atoms with Crippen LogP contribution in [0.4, 0.5) is 10.1 Å². The maximum absolute atomic E-state index is 13.7. The van der Waals surface area contributed by atoms with E-state index in [9.17, 15) is 9.18 Å². The van der Waals surface area contributed by atoms with E-state index in [0.29, 0.717) is 11.5 Å². The summed E-state index contributed by atoms with van der Waals surface area (Å²) in [5.41, 5.74) is 0.700. The van der Waals surface area contributed by atoms with Crippen LogP contribution in [-0.2, 0) is 0 Å². The van der Waals surface area contributed by atoms with Gasteiger partial charge in [-0.2, -0.15) is 0 Å². The molecule has 1 amide bonds. The number of nitrogens with one attached hydrogen (secondary N) is 1. The number of nitrogens with zero attached hydrogens (tertiary/aromatic N) is 1. The zero-order chi connectivity index (χ0) is 14.0. The van der Waals surface area contributed by atoms with Crippen LogP contribution in [0.3, 0.4) is 0 Å². The van der Waals surface area contributed by atoms with Crippen molar-refractivity contribution in [1.29, 1.82) is 0 Å². The number of para-hydroxylation sites is 1.